The topological polar surface area (TPSA) is 83.9 Å². The Kier molecular flexibility index (Phi) is 5.46. The highest BCUT2D eigenvalue weighted by atomic mass is 16.3. The van der Waals surface area contributed by atoms with Crippen LogP contribution in [0.2, 0.25) is 0 Å². The van der Waals surface area contributed by atoms with Crippen molar-refractivity contribution >= 4 is 11.9 Å². The van der Waals surface area contributed by atoms with Crippen LogP contribution in [0.15, 0.2) is 27.8 Å². The van der Waals surface area contributed by atoms with E-state index in [4.69, 9.17) is 10.2 Å². The summed E-state index contributed by atoms with van der Waals surface area (Å²) in [4.78, 5) is 17.9. The number of hydrogen-bond donors (Lipinski definition) is 2. The van der Waals surface area contributed by atoms with Crippen LogP contribution in [0.25, 0.3) is 0 Å². The fourth-order valence-corrected chi connectivity index (χ4v) is 2.21. The predicted molar refractivity (Wildman–Crippen MR) is 77.1 cm³/mol. The Morgan fingerprint density at radius 1 is 1.35 bits per heavy atom. The SMILES string of the molecule is NC(=NCC(=O)NCc1ccco1)N1CCCCCC1. The van der Waals surface area contributed by atoms with E-state index >= 15 is 0 Å². The minimum absolute atomic E-state index is 0.0586. The van der Waals surface area contributed by atoms with Gasteiger partial charge in [-0.1, -0.05) is 12.8 Å². The molecule has 20 heavy (non-hydrogen) atoms. The Labute approximate surface area is 119 Å². The quantitative estimate of drug-likeness (QED) is 0.638. The van der Waals surface area contributed by atoms with Gasteiger partial charge < -0.3 is 20.4 Å². The molecule has 1 aliphatic heterocycles. The van der Waals surface area contributed by atoms with E-state index in [0.29, 0.717) is 12.5 Å². The third kappa shape index (κ3) is 4.60. The molecule has 0 spiro atoms. The van der Waals surface area contributed by atoms with Gasteiger partial charge in [0, 0.05) is 13.1 Å². The van der Waals surface area contributed by atoms with Crippen molar-refractivity contribution in [2.75, 3.05) is 19.6 Å². The average Bonchev–Trinajstić information content (AvgIpc) is 2.83. The fraction of sp³-hybridized carbons (Fsp3) is 0.571. The van der Waals surface area contributed by atoms with Crippen molar-refractivity contribution in [3.05, 3.63) is 24.2 Å². The minimum atomic E-state index is -0.154. The molecule has 2 rings (SSSR count). The molecule has 0 atom stereocenters. The monoisotopic (exact) mass is 278 g/mol. The first-order valence-electron chi connectivity index (χ1n) is 7.09. The van der Waals surface area contributed by atoms with Crippen molar-refractivity contribution in [2.24, 2.45) is 10.7 Å². The summed E-state index contributed by atoms with van der Waals surface area (Å²) in [6.45, 7) is 2.31. The van der Waals surface area contributed by atoms with Crippen molar-refractivity contribution in [1.82, 2.24) is 10.2 Å². The van der Waals surface area contributed by atoms with Gasteiger partial charge in [-0.25, -0.2) is 4.99 Å². The van der Waals surface area contributed by atoms with Gasteiger partial charge in [-0.2, -0.15) is 0 Å². The summed E-state index contributed by atoms with van der Waals surface area (Å²) in [6.07, 6.45) is 6.35. The number of nitrogens with two attached hydrogens (primary N) is 1. The molecule has 1 aromatic heterocycles. The molecule has 1 fully saturated rings. The Hall–Kier alpha value is -1.98. The summed E-state index contributed by atoms with van der Waals surface area (Å²) < 4.78 is 5.14. The van der Waals surface area contributed by atoms with E-state index in [0.717, 1.165) is 31.7 Å². The van der Waals surface area contributed by atoms with E-state index in [9.17, 15) is 4.79 Å². The number of rotatable bonds is 4. The molecule has 0 aromatic carbocycles. The molecule has 1 saturated heterocycles. The van der Waals surface area contributed by atoms with E-state index in [1.807, 2.05) is 6.07 Å². The normalized spacial score (nSPS) is 16.8. The summed E-state index contributed by atoms with van der Waals surface area (Å²) in [5.41, 5.74) is 5.93. The number of nitrogens with zero attached hydrogens (tertiary/aromatic N) is 2. The van der Waals surface area contributed by atoms with Crippen LogP contribution >= 0.6 is 0 Å². The molecular formula is C14H22N4O2. The lowest BCUT2D eigenvalue weighted by Crippen LogP contribution is -2.39. The second-order valence-corrected chi connectivity index (χ2v) is 4.93. The minimum Gasteiger partial charge on any atom is -0.467 e. The van der Waals surface area contributed by atoms with E-state index in [2.05, 4.69) is 15.2 Å². The zero-order chi connectivity index (χ0) is 14.2. The van der Waals surface area contributed by atoms with Crippen molar-refractivity contribution in [3.8, 4) is 0 Å². The number of hydrogen-bond acceptors (Lipinski definition) is 3. The maximum Gasteiger partial charge on any atom is 0.242 e. The Bertz CT molecular complexity index is 434. The van der Waals surface area contributed by atoms with Gasteiger partial charge in [0.15, 0.2) is 5.96 Å². The van der Waals surface area contributed by atoms with Crippen molar-refractivity contribution < 1.29 is 9.21 Å². The summed E-state index contributed by atoms with van der Waals surface area (Å²) in [5, 5.41) is 2.74. The number of nitrogens with one attached hydrogen (secondary N) is 1. The van der Waals surface area contributed by atoms with Crippen LogP contribution in [-0.4, -0.2) is 36.4 Å². The van der Waals surface area contributed by atoms with Crippen molar-refractivity contribution in [2.45, 2.75) is 32.2 Å². The predicted octanol–water partition coefficient (Wildman–Crippen LogP) is 1.09. The van der Waals surface area contributed by atoms with Crippen LogP contribution in [0.3, 0.4) is 0 Å². The molecule has 2 heterocycles. The third-order valence-corrected chi connectivity index (χ3v) is 3.35. The van der Waals surface area contributed by atoms with Gasteiger partial charge in [0.25, 0.3) is 0 Å². The Balaban J connectivity index is 1.74. The van der Waals surface area contributed by atoms with Gasteiger partial charge in [-0.15, -0.1) is 0 Å². The maximum atomic E-state index is 11.7. The number of carbonyl (C=O) groups is 1. The Morgan fingerprint density at radius 2 is 2.10 bits per heavy atom. The first-order valence-corrected chi connectivity index (χ1v) is 7.09. The second-order valence-electron chi connectivity index (χ2n) is 4.93. The van der Waals surface area contributed by atoms with Gasteiger partial charge in [0.1, 0.15) is 12.3 Å². The van der Waals surface area contributed by atoms with E-state index < -0.39 is 0 Å². The number of furan rings is 1. The van der Waals surface area contributed by atoms with E-state index in [1.54, 1.807) is 12.3 Å². The molecule has 6 nitrogen and oxygen atoms in total. The molecular weight excluding hydrogens is 256 g/mol. The summed E-state index contributed by atoms with van der Waals surface area (Å²) in [5.74, 6) is 1.04. The van der Waals surface area contributed by atoms with Crippen LogP contribution < -0.4 is 11.1 Å². The molecule has 0 aliphatic carbocycles. The molecule has 0 unspecified atom stereocenters. The zero-order valence-corrected chi connectivity index (χ0v) is 11.7. The highest BCUT2D eigenvalue weighted by Gasteiger charge is 2.11. The molecule has 1 amide bonds. The van der Waals surface area contributed by atoms with Crippen LogP contribution in [0.1, 0.15) is 31.4 Å². The number of likely N-dealkylation sites (tertiary alicyclic amines) is 1. The molecule has 0 radical (unpaired) electrons. The molecule has 6 heteroatoms. The second kappa shape index (κ2) is 7.57. The molecule has 3 N–H and O–H groups in total. The smallest absolute Gasteiger partial charge is 0.242 e. The summed E-state index contributed by atoms with van der Waals surface area (Å²) >= 11 is 0. The van der Waals surface area contributed by atoms with Crippen LogP contribution in [0, 0.1) is 0 Å². The zero-order valence-electron chi connectivity index (χ0n) is 11.7. The number of carbonyl (C=O) groups excluding carboxylic acids is 1. The highest BCUT2D eigenvalue weighted by molar-refractivity contribution is 5.84. The number of aliphatic imine (C=N–C) groups is 1. The van der Waals surface area contributed by atoms with Gasteiger partial charge in [0.2, 0.25) is 5.91 Å². The lowest BCUT2D eigenvalue weighted by atomic mass is 10.2. The van der Waals surface area contributed by atoms with Gasteiger partial charge in [-0.05, 0) is 25.0 Å². The molecule has 110 valence electrons. The highest BCUT2D eigenvalue weighted by Crippen LogP contribution is 2.08. The van der Waals surface area contributed by atoms with Crippen molar-refractivity contribution in [3.63, 3.8) is 0 Å². The number of guanidine groups is 1. The van der Waals surface area contributed by atoms with Crippen molar-refractivity contribution in [1.29, 1.82) is 0 Å². The van der Waals surface area contributed by atoms with Crippen LogP contribution in [0.5, 0.6) is 0 Å². The van der Waals surface area contributed by atoms with E-state index in [-0.39, 0.29) is 12.5 Å². The summed E-state index contributed by atoms with van der Waals surface area (Å²) in [7, 11) is 0. The van der Waals surface area contributed by atoms with Crippen LogP contribution in [-0.2, 0) is 11.3 Å². The first kappa shape index (κ1) is 14.4. The first-order chi connectivity index (χ1) is 9.75. The molecule has 0 bridgehead atoms. The van der Waals surface area contributed by atoms with Gasteiger partial charge in [0.05, 0.1) is 12.8 Å². The summed E-state index contributed by atoms with van der Waals surface area (Å²) in [6, 6.07) is 3.60. The van der Waals surface area contributed by atoms with E-state index in [1.165, 1.54) is 12.8 Å². The van der Waals surface area contributed by atoms with Crippen LogP contribution in [0.4, 0.5) is 0 Å². The average molecular weight is 278 g/mol. The molecule has 1 aromatic rings. The largest absolute Gasteiger partial charge is 0.467 e. The standard InChI is InChI=1S/C14H22N4O2/c15-14(18-7-3-1-2-4-8-18)17-11-13(19)16-10-12-6-5-9-20-12/h5-6,9H,1-4,7-8,10-11H2,(H2,15,17)(H,16,19). The lowest BCUT2D eigenvalue weighted by molar-refractivity contribution is -0.119. The molecule has 0 saturated carbocycles. The molecule has 1 aliphatic rings. The lowest BCUT2D eigenvalue weighted by Gasteiger charge is -2.20. The van der Waals surface area contributed by atoms with Gasteiger partial charge in [-0.3, -0.25) is 4.79 Å². The third-order valence-electron chi connectivity index (χ3n) is 3.35. The maximum absolute atomic E-state index is 11.7. The Morgan fingerprint density at radius 3 is 2.75 bits per heavy atom. The number of amides is 1. The fourth-order valence-electron chi connectivity index (χ4n) is 2.21. The van der Waals surface area contributed by atoms with Gasteiger partial charge >= 0.3 is 0 Å².